The minimum Gasteiger partial charge on any atom is -0.353 e. The molecule has 0 spiro atoms. The molecule has 5 rings (SSSR count). The SMILES string of the molecule is O=S(=O)(O)c1c(Cl)ccc(-c2ccc3[nH]nc(-c4cc5ccccc5[nH]4)c3c2)c1Cl. The molecule has 0 amide bonds. The van der Waals surface area contributed by atoms with Crippen LogP contribution in [0.3, 0.4) is 0 Å². The smallest absolute Gasteiger partial charge is 0.297 e. The quantitative estimate of drug-likeness (QED) is 0.292. The molecule has 0 fully saturated rings. The highest BCUT2D eigenvalue weighted by molar-refractivity contribution is 7.86. The first-order valence-corrected chi connectivity index (χ1v) is 11.0. The van der Waals surface area contributed by atoms with Crippen molar-refractivity contribution in [2.75, 3.05) is 0 Å². The van der Waals surface area contributed by atoms with Gasteiger partial charge in [-0.1, -0.05) is 53.5 Å². The van der Waals surface area contributed by atoms with Gasteiger partial charge in [0.1, 0.15) is 10.6 Å². The zero-order valence-corrected chi connectivity index (χ0v) is 17.5. The van der Waals surface area contributed by atoms with Crippen LogP contribution in [-0.2, 0) is 10.1 Å². The second-order valence-electron chi connectivity index (χ2n) is 6.82. The van der Waals surface area contributed by atoms with Crippen LogP contribution in [0.4, 0.5) is 0 Å². The fourth-order valence-corrected chi connectivity index (χ4v) is 5.30. The van der Waals surface area contributed by atoms with Crippen molar-refractivity contribution in [3.8, 4) is 22.5 Å². The molecule has 5 aromatic rings. The van der Waals surface area contributed by atoms with Crippen LogP contribution in [-0.4, -0.2) is 28.2 Å². The highest BCUT2D eigenvalue weighted by Gasteiger charge is 2.22. The van der Waals surface area contributed by atoms with E-state index in [2.05, 4.69) is 15.2 Å². The van der Waals surface area contributed by atoms with Crippen molar-refractivity contribution in [3.05, 3.63) is 70.7 Å². The molecular formula is C21H13Cl2N3O3S. The van der Waals surface area contributed by atoms with Crippen LogP contribution in [0.2, 0.25) is 10.0 Å². The maximum atomic E-state index is 11.7. The summed E-state index contributed by atoms with van der Waals surface area (Å²) in [5.41, 5.74) is 4.47. The number of aromatic nitrogens is 3. The van der Waals surface area contributed by atoms with Crippen molar-refractivity contribution in [3.63, 3.8) is 0 Å². The van der Waals surface area contributed by atoms with Crippen LogP contribution < -0.4 is 0 Å². The van der Waals surface area contributed by atoms with Crippen molar-refractivity contribution in [1.29, 1.82) is 0 Å². The van der Waals surface area contributed by atoms with Crippen molar-refractivity contribution in [2.45, 2.75) is 4.90 Å². The second kappa shape index (κ2) is 6.85. The van der Waals surface area contributed by atoms with Crippen molar-refractivity contribution < 1.29 is 13.0 Å². The lowest BCUT2D eigenvalue weighted by Gasteiger charge is -2.10. The molecule has 0 atom stereocenters. The van der Waals surface area contributed by atoms with E-state index >= 15 is 0 Å². The summed E-state index contributed by atoms with van der Waals surface area (Å²) in [4.78, 5) is 2.85. The number of nitrogens with zero attached hydrogens (tertiary/aromatic N) is 1. The van der Waals surface area contributed by atoms with Gasteiger partial charge in [-0.15, -0.1) is 0 Å². The molecule has 0 radical (unpaired) electrons. The molecule has 0 aliphatic heterocycles. The molecule has 30 heavy (non-hydrogen) atoms. The third kappa shape index (κ3) is 3.07. The lowest BCUT2D eigenvalue weighted by Crippen LogP contribution is -2.01. The zero-order chi connectivity index (χ0) is 21.0. The topological polar surface area (TPSA) is 98.8 Å². The molecule has 2 heterocycles. The predicted octanol–water partition coefficient (Wildman–Crippen LogP) is 5.93. The average molecular weight is 458 g/mol. The molecular weight excluding hydrogens is 445 g/mol. The van der Waals surface area contributed by atoms with Crippen molar-refractivity contribution >= 4 is 55.1 Å². The Morgan fingerprint density at radius 1 is 0.933 bits per heavy atom. The van der Waals surface area contributed by atoms with Gasteiger partial charge in [0.05, 0.1) is 21.3 Å². The Hall–Kier alpha value is -2.84. The van der Waals surface area contributed by atoms with Crippen LogP contribution in [0.15, 0.2) is 65.6 Å². The molecule has 3 aromatic carbocycles. The van der Waals surface area contributed by atoms with Gasteiger partial charge in [0.15, 0.2) is 0 Å². The van der Waals surface area contributed by atoms with Gasteiger partial charge in [-0.25, -0.2) is 0 Å². The first-order valence-electron chi connectivity index (χ1n) is 8.85. The predicted molar refractivity (Wildman–Crippen MR) is 119 cm³/mol. The van der Waals surface area contributed by atoms with E-state index < -0.39 is 15.0 Å². The van der Waals surface area contributed by atoms with Gasteiger partial charge in [-0.05, 0) is 35.9 Å². The fourth-order valence-electron chi connectivity index (χ4n) is 3.58. The van der Waals surface area contributed by atoms with E-state index in [0.29, 0.717) is 11.1 Å². The number of benzene rings is 3. The van der Waals surface area contributed by atoms with E-state index in [1.165, 1.54) is 6.07 Å². The van der Waals surface area contributed by atoms with E-state index in [1.807, 2.05) is 42.5 Å². The van der Waals surface area contributed by atoms with Gasteiger partial charge in [-0.3, -0.25) is 9.65 Å². The number of halogens is 2. The second-order valence-corrected chi connectivity index (χ2v) is 8.96. The van der Waals surface area contributed by atoms with Gasteiger partial charge in [-0.2, -0.15) is 13.5 Å². The van der Waals surface area contributed by atoms with Crippen LogP contribution in [0, 0.1) is 0 Å². The van der Waals surface area contributed by atoms with Crippen LogP contribution in [0.1, 0.15) is 0 Å². The Kier molecular flexibility index (Phi) is 4.37. The van der Waals surface area contributed by atoms with Gasteiger partial charge in [0.25, 0.3) is 10.1 Å². The first-order chi connectivity index (χ1) is 14.3. The van der Waals surface area contributed by atoms with E-state index in [0.717, 1.165) is 33.2 Å². The summed E-state index contributed by atoms with van der Waals surface area (Å²) in [6.45, 7) is 0. The summed E-state index contributed by atoms with van der Waals surface area (Å²) in [6.07, 6.45) is 0. The van der Waals surface area contributed by atoms with Crippen LogP contribution >= 0.6 is 23.2 Å². The van der Waals surface area contributed by atoms with Gasteiger partial charge in [0.2, 0.25) is 0 Å². The highest BCUT2D eigenvalue weighted by Crippen LogP contribution is 2.39. The number of hydrogen-bond donors (Lipinski definition) is 3. The Morgan fingerprint density at radius 2 is 1.73 bits per heavy atom. The molecule has 150 valence electrons. The van der Waals surface area contributed by atoms with E-state index in [9.17, 15) is 13.0 Å². The summed E-state index contributed by atoms with van der Waals surface area (Å²) in [7, 11) is -4.58. The lowest BCUT2D eigenvalue weighted by molar-refractivity contribution is 0.483. The molecule has 0 saturated carbocycles. The molecule has 6 nitrogen and oxygen atoms in total. The van der Waals surface area contributed by atoms with E-state index in [-0.39, 0.29) is 10.0 Å². The molecule has 0 saturated heterocycles. The zero-order valence-electron chi connectivity index (χ0n) is 15.1. The Labute approximate surface area is 181 Å². The fraction of sp³-hybridized carbons (Fsp3) is 0. The number of nitrogens with one attached hydrogen (secondary N) is 2. The molecule has 0 unspecified atom stereocenters. The summed E-state index contributed by atoms with van der Waals surface area (Å²) in [5, 5.41) is 9.07. The van der Waals surface area contributed by atoms with Gasteiger partial charge in [0, 0.05) is 21.9 Å². The normalized spacial score (nSPS) is 12.1. The minimum atomic E-state index is -4.58. The summed E-state index contributed by atoms with van der Waals surface area (Å²) in [6, 6.07) is 18.4. The maximum Gasteiger partial charge on any atom is 0.297 e. The highest BCUT2D eigenvalue weighted by atomic mass is 35.5. The summed E-state index contributed by atoms with van der Waals surface area (Å²) < 4.78 is 32.9. The molecule has 2 aromatic heterocycles. The van der Waals surface area contributed by atoms with Crippen molar-refractivity contribution in [1.82, 2.24) is 15.2 Å². The minimum absolute atomic E-state index is 0.139. The number of para-hydroxylation sites is 1. The first kappa shape index (κ1) is 19.1. The number of fused-ring (bicyclic) bond motifs is 2. The standard InChI is InChI=1S/C21H13Cl2N3O3S/c22-15-7-6-13(19(23)21(15)30(27,28)29)11-5-8-17-14(9-11)20(26-25-17)18-10-12-3-1-2-4-16(12)24-18/h1-10,24H,(H,25,26)(H,27,28,29). The molecule has 0 bridgehead atoms. The van der Waals surface area contributed by atoms with Gasteiger partial charge >= 0.3 is 0 Å². The summed E-state index contributed by atoms with van der Waals surface area (Å²) >= 11 is 12.3. The molecule has 9 heteroatoms. The molecule has 3 N–H and O–H groups in total. The number of aromatic amines is 2. The third-order valence-corrected chi connectivity index (χ3v) is 6.84. The van der Waals surface area contributed by atoms with Gasteiger partial charge < -0.3 is 4.98 Å². The Bertz CT molecular complexity index is 1520. The van der Waals surface area contributed by atoms with E-state index in [4.69, 9.17) is 23.2 Å². The monoisotopic (exact) mass is 457 g/mol. The number of hydrogen-bond acceptors (Lipinski definition) is 3. The van der Waals surface area contributed by atoms with Crippen LogP contribution in [0.25, 0.3) is 44.3 Å². The average Bonchev–Trinajstić information content (AvgIpc) is 3.30. The largest absolute Gasteiger partial charge is 0.353 e. The molecule has 0 aliphatic rings. The number of rotatable bonds is 3. The summed E-state index contributed by atoms with van der Waals surface area (Å²) in [5.74, 6) is 0. The Morgan fingerprint density at radius 3 is 2.50 bits per heavy atom. The third-order valence-electron chi connectivity index (χ3n) is 4.97. The van der Waals surface area contributed by atoms with Crippen LogP contribution in [0.5, 0.6) is 0 Å². The lowest BCUT2D eigenvalue weighted by atomic mass is 10.0. The van der Waals surface area contributed by atoms with E-state index in [1.54, 1.807) is 12.1 Å². The number of H-pyrrole nitrogens is 2. The Balaban J connectivity index is 1.71. The molecule has 0 aliphatic carbocycles. The van der Waals surface area contributed by atoms with Crippen molar-refractivity contribution in [2.24, 2.45) is 0 Å². The maximum absolute atomic E-state index is 11.7.